The molecule has 0 rings (SSSR count). The van der Waals surface area contributed by atoms with E-state index in [1.54, 1.807) is 0 Å². The summed E-state index contributed by atoms with van der Waals surface area (Å²) in [5.74, 6) is -0.505. The van der Waals surface area contributed by atoms with Crippen molar-refractivity contribution in [3.8, 4) is 0 Å². The first-order chi connectivity index (χ1) is 5.56. The van der Waals surface area contributed by atoms with E-state index in [9.17, 15) is 4.79 Å². The summed E-state index contributed by atoms with van der Waals surface area (Å²) < 4.78 is 0. The fourth-order valence-corrected chi connectivity index (χ4v) is 0.772. The highest BCUT2D eigenvalue weighted by Crippen LogP contribution is 1.87. The average Bonchev–Trinajstić information content (AvgIpc) is 2.00. The highest BCUT2D eigenvalue weighted by Gasteiger charge is 2.08. The Kier molecular flexibility index (Phi) is 5.00. The van der Waals surface area contributed by atoms with Gasteiger partial charge in [-0.05, 0) is 13.0 Å². The first kappa shape index (κ1) is 10.9. The zero-order valence-corrected chi connectivity index (χ0v) is 7.90. The Hall–Kier alpha value is -1.12. The lowest BCUT2D eigenvalue weighted by Gasteiger charge is -1.88. The smallest absolute Gasteiger partial charge is 0.516 e. The van der Waals surface area contributed by atoms with Crippen molar-refractivity contribution in [2.45, 2.75) is 33.6 Å². The van der Waals surface area contributed by atoms with E-state index in [4.69, 9.17) is 5.11 Å². The van der Waals surface area contributed by atoms with Crippen molar-refractivity contribution in [1.29, 1.82) is 0 Å². The fourth-order valence-electron chi connectivity index (χ4n) is 0.772. The second kappa shape index (κ2) is 5.52. The second-order valence-corrected chi connectivity index (χ2v) is 2.80. The maximum atomic E-state index is 10.3. The molecule has 3 nitrogen and oxygen atoms in total. The van der Waals surface area contributed by atoms with E-state index in [-0.39, 0.29) is 0 Å². The normalized spacial score (nSPS) is 13.2. The third-order valence-electron chi connectivity index (χ3n) is 1.57. The van der Waals surface area contributed by atoms with Gasteiger partial charge in [-0.3, -0.25) is 0 Å². The van der Waals surface area contributed by atoms with Gasteiger partial charge in [0.1, 0.15) is 6.42 Å². The first-order valence-corrected chi connectivity index (χ1v) is 4.03. The van der Waals surface area contributed by atoms with Crippen LogP contribution in [0.3, 0.4) is 0 Å². The molecule has 0 atom stereocenters. The Bertz CT molecular complexity index is 217. The van der Waals surface area contributed by atoms with E-state index in [1.807, 2.05) is 26.8 Å². The number of nitrogens with one attached hydrogen (secondary N) is 1. The van der Waals surface area contributed by atoms with Gasteiger partial charge in [-0.15, -0.1) is 0 Å². The SMILES string of the molecule is C/C=C(/C)[NH+]=C(C)CCC(=O)[OH2+]. The van der Waals surface area contributed by atoms with Crippen LogP contribution in [0.2, 0.25) is 0 Å². The molecule has 3 N–H and O–H groups in total. The highest BCUT2D eigenvalue weighted by atomic mass is 16.4. The van der Waals surface area contributed by atoms with E-state index < -0.39 is 5.97 Å². The summed E-state index contributed by atoms with van der Waals surface area (Å²) in [4.78, 5) is 13.4. The predicted molar refractivity (Wildman–Crippen MR) is 48.9 cm³/mol. The Labute approximate surface area is 72.8 Å². The molecular weight excluding hydrogens is 154 g/mol. The van der Waals surface area contributed by atoms with Crippen molar-refractivity contribution in [2.24, 2.45) is 0 Å². The maximum Gasteiger partial charge on any atom is 0.516 e. The van der Waals surface area contributed by atoms with Crippen molar-refractivity contribution >= 4 is 11.7 Å². The van der Waals surface area contributed by atoms with Gasteiger partial charge in [0.05, 0.1) is 0 Å². The van der Waals surface area contributed by atoms with Gasteiger partial charge in [0.15, 0.2) is 11.4 Å². The van der Waals surface area contributed by atoms with Crippen molar-refractivity contribution in [2.75, 3.05) is 0 Å². The number of hydrogen-bond donors (Lipinski definition) is 1. The standard InChI is InChI=1S/C9H15NO2/c1-4-7(2)10-8(3)5-6-9(11)12/h4H,5-6H2,1-3H3,(H,11,12)/p+2/b7-4-,10-8?. The molecule has 0 aliphatic heterocycles. The first-order valence-electron chi connectivity index (χ1n) is 4.03. The molecule has 0 fully saturated rings. The quantitative estimate of drug-likeness (QED) is 0.449. The van der Waals surface area contributed by atoms with Crippen LogP contribution in [0, 0.1) is 0 Å². The molecule has 68 valence electrons. The molecule has 0 unspecified atom stereocenters. The molecule has 0 spiro atoms. The lowest BCUT2D eigenvalue weighted by Crippen LogP contribution is -2.69. The van der Waals surface area contributed by atoms with Crippen LogP contribution in [0.25, 0.3) is 0 Å². The largest absolute Gasteiger partial charge is 0.565 e. The Morgan fingerprint density at radius 3 is 2.42 bits per heavy atom. The molecule has 0 aliphatic carbocycles. The van der Waals surface area contributed by atoms with Crippen LogP contribution in [0.4, 0.5) is 0 Å². The van der Waals surface area contributed by atoms with Crippen LogP contribution in [0.5, 0.6) is 0 Å². The Morgan fingerprint density at radius 1 is 1.42 bits per heavy atom. The van der Waals surface area contributed by atoms with Crippen molar-refractivity contribution < 1.29 is 14.9 Å². The van der Waals surface area contributed by atoms with Gasteiger partial charge in [0.25, 0.3) is 0 Å². The minimum Gasteiger partial charge on any atom is -0.565 e. The maximum absolute atomic E-state index is 10.3. The van der Waals surface area contributed by atoms with Crippen molar-refractivity contribution in [1.82, 2.24) is 0 Å². The molecule has 0 saturated carbocycles. The molecule has 0 amide bonds. The van der Waals surface area contributed by atoms with Crippen LogP contribution in [0.15, 0.2) is 11.8 Å². The number of allylic oxidation sites excluding steroid dienone is 2. The molecule has 0 aromatic rings. The molecular formula is C9H17NO2+2. The molecule has 0 aliphatic rings. The average molecular weight is 171 g/mol. The summed E-state index contributed by atoms with van der Waals surface area (Å²) in [5.41, 5.74) is 2.11. The molecule has 0 saturated heterocycles. The van der Waals surface area contributed by atoms with Crippen LogP contribution in [-0.2, 0) is 4.79 Å². The highest BCUT2D eigenvalue weighted by molar-refractivity contribution is 5.80. The Morgan fingerprint density at radius 2 is 2.00 bits per heavy atom. The summed E-state index contributed by atoms with van der Waals surface area (Å²) in [7, 11) is 0. The third kappa shape index (κ3) is 5.65. The van der Waals surface area contributed by atoms with Gasteiger partial charge in [-0.2, -0.15) is 0 Å². The predicted octanol–water partition coefficient (Wildman–Crippen LogP) is -0.517. The van der Waals surface area contributed by atoms with Crippen LogP contribution < -0.4 is 4.99 Å². The second-order valence-electron chi connectivity index (χ2n) is 2.80. The zero-order valence-electron chi connectivity index (χ0n) is 7.90. The van der Waals surface area contributed by atoms with Gasteiger partial charge in [0, 0.05) is 25.1 Å². The molecule has 0 aromatic carbocycles. The van der Waals surface area contributed by atoms with Gasteiger partial charge in [0.2, 0.25) is 0 Å². The molecule has 0 radical (unpaired) electrons. The van der Waals surface area contributed by atoms with Crippen molar-refractivity contribution in [3.63, 3.8) is 0 Å². The van der Waals surface area contributed by atoms with Gasteiger partial charge in [-0.1, -0.05) is 0 Å². The fraction of sp³-hybridized carbons (Fsp3) is 0.556. The van der Waals surface area contributed by atoms with E-state index in [2.05, 4.69) is 4.99 Å². The number of carbonyl (C=O) groups is 1. The summed E-state index contributed by atoms with van der Waals surface area (Å²) in [5, 5.41) is 6.70. The Balaban J connectivity index is 3.94. The molecule has 0 bridgehead atoms. The number of carbonyl (C=O) groups excluding carboxylic acids is 1. The van der Waals surface area contributed by atoms with Crippen LogP contribution in [0.1, 0.15) is 33.6 Å². The summed E-state index contributed by atoms with van der Waals surface area (Å²) in [6, 6.07) is 0. The van der Waals surface area contributed by atoms with Crippen LogP contribution in [-0.4, -0.2) is 16.8 Å². The molecule has 3 heteroatoms. The zero-order chi connectivity index (χ0) is 9.56. The lowest BCUT2D eigenvalue weighted by molar-refractivity contribution is -0.399. The van der Waals surface area contributed by atoms with Gasteiger partial charge < -0.3 is 5.11 Å². The minimum atomic E-state index is -0.505. The summed E-state index contributed by atoms with van der Waals surface area (Å²) in [6.07, 6.45) is 2.91. The van der Waals surface area contributed by atoms with Crippen molar-refractivity contribution in [3.05, 3.63) is 11.8 Å². The number of rotatable bonds is 4. The van der Waals surface area contributed by atoms with E-state index in [0.29, 0.717) is 12.8 Å². The summed E-state index contributed by atoms with van der Waals surface area (Å²) >= 11 is 0. The lowest BCUT2D eigenvalue weighted by atomic mass is 10.2. The number of hydrogen-bond acceptors (Lipinski definition) is 1. The van der Waals surface area contributed by atoms with E-state index in [1.165, 1.54) is 0 Å². The molecule has 0 aromatic heterocycles. The van der Waals surface area contributed by atoms with E-state index >= 15 is 0 Å². The molecule has 12 heavy (non-hydrogen) atoms. The monoisotopic (exact) mass is 171 g/mol. The minimum absolute atomic E-state index is 0.301. The van der Waals surface area contributed by atoms with E-state index in [0.717, 1.165) is 11.4 Å². The summed E-state index contributed by atoms with van der Waals surface area (Å²) in [6.45, 7) is 5.84. The van der Waals surface area contributed by atoms with Gasteiger partial charge >= 0.3 is 5.97 Å². The van der Waals surface area contributed by atoms with Crippen LogP contribution >= 0.6 is 0 Å². The molecule has 0 heterocycles. The topological polar surface area (TPSA) is 53.9 Å². The third-order valence-corrected chi connectivity index (χ3v) is 1.57. The van der Waals surface area contributed by atoms with Gasteiger partial charge in [-0.25, -0.2) is 4.99 Å².